The first-order valence-corrected chi connectivity index (χ1v) is 10.4. The second-order valence-corrected chi connectivity index (χ2v) is 6.85. The Morgan fingerprint density at radius 2 is 0.792 bits per heavy atom. The zero-order valence-corrected chi connectivity index (χ0v) is 16.7. The number of hydrogen-bond acceptors (Lipinski definition) is 4. The smallest absolute Gasteiger partial charge is 0.0962 e. The van der Waals surface area contributed by atoms with E-state index >= 15 is 0 Å². The molecule has 0 spiro atoms. The maximum Gasteiger partial charge on any atom is 0.0962 e. The van der Waals surface area contributed by atoms with Gasteiger partial charge in [0.1, 0.15) is 0 Å². The van der Waals surface area contributed by atoms with E-state index in [1.807, 2.05) is 0 Å². The van der Waals surface area contributed by atoms with Gasteiger partial charge in [0.15, 0.2) is 0 Å². The van der Waals surface area contributed by atoms with Crippen LogP contribution in [-0.2, 0) is 19.9 Å². The molecule has 0 aromatic rings. The topological polar surface area (TPSA) is 36.9 Å². The molecule has 0 aromatic heterocycles. The Morgan fingerprint density at radius 3 is 1.12 bits per heavy atom. The molecule has 4 nitrogen and oxygen atoms in total. The Balaban J connectivity index is 3.95. The highest BCUT2D eigenvalue weighted by atomic mass is 17.7. The van der Waals surface area contributed by atoms with Gasteiger partial charge in [0.25, 0.3) is 0 Å². The molecule has 0 rings (SSSR count). The van der Waals surface area contributed by atoms with Gasteiger partial charge < -0.3 is 0 Å². The third-order valence-corrected chi connectivity index (χ3v) is 4.40. The lowest BCUT2D eigenvalue weighted by Gasteiger charge is -2.17. The van der Waals surface area contributed by atoms with Gasteiger partial charge in [-0.25, -0.2) is 9.78 Å². The van der Waals surface area contributed by atoms with E-state index in [9.17, 15) is 0 Å². The molecule has 0 bridgehead atoms. The van der Waals surface area contributed by atoms with Gasteiger partial charge >= 0.3 is 0 Å². The fourth-order valence-electron chi connectivity index (χ4n) is 2.73. The van der Waals surface area contributed by atoms with E-state index in [1.54, 1.807) is 0 Å². The predicted molar refractivity (Wildman–Crippen MR) is 99.3 cm³/mol. The summed E-state index contributed by atoms with van der Waals surface area (Å²) in [7, 11) is 0. The van der Waals surface area contributed by atoms with E-state index < -0.39 is 0 Å². The first-order chi connectivity index (χ1) is 11.8. The van der Waals surface area contributed by atoms with Crippen molar-refractivity contribution in [3.05, 3.63) is 0 Å². The minimum Gasteiger partial charge on any atom is -0.200 e. The van der Waals surface area contributed by atoms with Gasteiger partial charge in [-0.2, -0.15) is 0 Å². The van der Waals surface area contributed by atoms with Crippen LogP contribution in [0.2, 0.25) is 0 Å². The van der Waals surface area contributed by atoms with E-state index in [-0.39, 0.29) is 12.2 Å². The molecule has 146 valence electrons. The van der Waals surface area contributed by atoms with Crippen molar-refractivity contribution in [1.82, 2.24) is 0 Å². The minimum atomic E-state index is 0.106. The summed E-state index contributed by atoms with van der Waals surface area (Å²) in [6, 6.07) is 0. The van der Waals surface area contributed by atoms with Crippen LogP contribution in [0.3, 0.4) is 0 Å². The SMILES string of the molecule is CCCCCC(CCCC)OOOOC(CCCC)CCCCC. The highest BCUT2D eigenvalue weighted by molar-refractivity contribution is 4.57. The van der Waals surface area contributed by atoms with Gasteiger partial charge in [-0.15, -0.1) is 0 Å². The van der Waals surface area contributed by atoms with Crippen LogP contribution in [0, 0.1) is 0 Å². The van der Waals surface area contributed by atoms with Gasteiger partial charge in [-0.1, -0.05) is 91.9 Å². The van der Waals surface area contributed by atoms with Crippen molar-refractivity contribution in [3.8, 4) is 0 Å². The van der Waals surface area contributed by atoms with Crippen molar-refractivity contribution in [3.63, 3.8) is 0 Å². The summed E-state index contributed by atoms with van der Waals surface area (Å²) >= 11 is 0. The lowest BCUT2D eigenvalue weighted by Crippen LogP contribution is -2.17. The van der Waals surface area contributed by atoms with Crippen LogP contribution in [0.15, 0.2) is 0 Å². The van der Waals surface area contributed by atoms with Gasteiger partial charge in [-0.05, 0) is 35.8 Å². The monoisotopic (exact) mass is 346 g/mol. The number of rotatable bonds is 19. The summed E-state index contributed by atoms with van der Waals surface area (Å²) in [5.41, 5.74) is 0. The number of unbranched alkanes of at least 4 members (excludes halogenated alkanes) is 6. The van der Waals surface area contributed by atoms with Crippen molar-refractivity contribution in [2.24, 2.45) is 0 Å². The van der Waals surface area contributed by atoms with Gasteiger partial charge in [0.2, 0.25) is 0 Å². The summed E-state index contributed by atoms with van der Waals surface area (Å²) in [5, 5.41) is 9.84. The molecular formula is C20H42O4. The van der Waals surface area contributed by atoms with Crippen molar-refractivity contribution in [1.29, 1.82) is 0 Å². The van der Waals surface area contributed by atoms with Crippen molar-refractivity contribution < 1.29 is 19.9 Å². The lowest BCUT2D eigenvalue weighted by atomic mass is 10.1. The molecule has 0 aliphatic heterocycles. The third kappa shape index (κ3) is 15.4. The fraction of sp³-hybridized carbons (Fsp3) is 1.00. The van der Waals surface area contributed by atoms with Gasteiger partial charge in [0, 0.05) is 0 Å². The normalized spacial score (nSPS) is 14.0. The van der Waals surface area contributed by atoms with Crippen LogP contribution in [0.4, 0.5) is 0 Å². The first-order valence-electron chi connectivity index (χ1n) is 10.4. The quantitative estimate of drug-likeness (QED) is 0.142. The van der Waals surface area contributed by atoms with E-state index in [4.69, 9.17) is 19.9 Å². The van der Waals surface area contributed by atoms with Crippen LogP contribution < -0.4 is 0 Å². The average molecular weight is 347 g/mol. The lowest BCUT2D eigenvalue weighted by molar-refractivity contribution is -0.649. The molecule has 0 aliphatic rings. The van der Waals surface area contributed by atoms with E-state index in [0.29, 0.717) is 0 Å². The Labute approximate surface area is 150 Å². The Morgan fingerprint density at radius 1 is 0.458 bits per heavy atom. The van der Waals surface area contributed by atoms with Crippen LogP contribution in [0.25, 0.3) is 0 Å². The summed E-state index contributed by atoms with van der Waals surface area (Å²) in [5.74, 6) is 0. The van der Waals surface area contributed by atoms with Crippen LogP contribution >= 0.6 is 0 Å². The van der Waals surface area contributed by atoms with E-state index in [0.717, 1.165) is 38.5 Å². The Bertz CT molecular complexity index is 212. The molecule has 2 atom stereocenters. The summed E-state index contributed by atoms with van der Waals surface area (Å²) in [4.78, 5) is 10.8. The highest BCUT2D eigenvalue weighted by Crippen LogP contribution is 2.16. The minimum absolute atomic E-state index is 0.106. The van der Waals surface area contributed by atoms with E-state index in [1.165, 1.54) is 51.4 Å². The Kier molecular flexibility index (Phi) is 19.0. The number of hydrogen-bond donors (Lipinski definition) is 0. The van der Waals surface area contributed by atoms with Crippen LogP contribution in [-0.4, -0.2) is 12.2 Å². The summed E-state index contributed by atoms with van der Waals surface area (Å²) in [6.45, 7) is 8.81. The highest BCUT2D eigenvalue weighted by Gasteiger charge is 2.13. The molecule has 0 saturated heterocycles. The zero-order valence-electron chi connectivity index (χ0n) is 16.7. The third-order valence-electron chi connectivity index (χ3n) is 4.40. The molecule has 2 unspecified atom stereocenters. The van der Waals surface area contributed by atoms with Gasteiger partial charge in [0.05, 0.1) is 12.2 Å². The molecule has 0 aliphatic carbocycles. The molecule has 0 heterocycles. The molecule has 0 N–H and O–H groups in total. The molecule has 0 fully saturated rings. The maximum atomic E-state index is 5.42. The van der Waals surface area contributed by atoms with Crippen molar-refractivity contribution in [2.75, 3.05) is 0 Å². The van der Waals surface area contributed by atoms with Crippen LogP contribution in [0.5, 0.6) is 0 Å². The molecule has 0 aromatic carbocycles. The van der Waals surface area contributed by atoms with Crippen molar-refractivity contribution >= 4 is 0 Å². The van der Waals surface area contributed by atoms with Crippen LogP contribution in [0.1, 0.15) is 118 Å². The second-order valence-electron chi connectivity index (χ2n) is 6.85. The molecule has 24 heavy (non-hydrogen) atoms. The maximum absolute atomic E-state index is 5.42. The standard InChI is InChI=1S/C20H42O4/c1-5-9-13-17-19(15-11-7-3)21-23-24-22-20(16-12-8-4)18-14-10-6-2/h19-20H,5-18H2,1-4H3. The largest absolute Gasteiger partial charge is 0.200 e. The molecular weight excluding hydrogens is 304 g/mol. The average Bonchev–Trinajstić information content (AvgIpc) is 2.60. The zero-order chi connectivity index (χ0) is 17.9. The molecule has 4 heteroatoms. The fourth-order valence-corrected chi connectivity index (χ4v) is 2.73. The van der Waals surface area contributed by atoms with E-state index in [2.05, 4.69) is 27.7 Å². The molecule has 0 radical (unpaired) electrons. The Hall–Kier alpha value is -0.160. The molecule has 0 saturated carbocycles. The predicted octanol–water partition coefficient (Wildman–Crippen LogP) is 7.08. The van der Waals surface area contributed by atoms with Gasteiger partial charge in [-0.3, -0.25) is 0 Å². The summed E-state index contributed by atoms with van der Waals surface area (Å²) in [6.07, 6.45) is 16.2. The molecule has 0 amide bonds. The summed E-state index contributed by atoms with van der Waals surface area (Å²) < 4.78 is 0. The second kappa shape index (κ2) is 19.2. The first kappa shape index (κ1) is 23.8. The van der Waals surface area contributed by atoms with Crippen molar-refractivity contribution in [2.45, 2.75) is 130 Å².